The molecule has 3 unspecified atom stereocenters. The van der Waals surface area contributed by atoms with Gasteiger partial charge < -0.3 is 24.2 Å². The van der Waals surface area contributed by atoms with Crippen LogP contribution in [0.5, 0.6) is 0 Å². The number of ether oxygens (including phenoxy) is 3. The Bertz CT molecular complexity index is 1300. The Morgan fingerprint density at radius 1 is 0.424 bits per heavy atom. The number of allylic oxidation sites excluding steroid dienone is 8. The lowest BCUT2D eigenvalue weighted by molar-refractivity contribution is -0.161. The molecule has 0 aliphatic rings. The van der Waals surface area contributed by atoms with Gasteiger partial charge in [0.15, 0.2) is 6.10 Å². The zero-order valence-corrected chi connectivity index (χ0v) is 43.1. The first-order chi connectivity index (χ1) is 32.2. The van der Waals surface area contributed by atoms with Crippen molar-refractivity contribution in [1.82, 2.24) is 0 Å². The highest BCUT2D eigenvalue weighted by molar-refractivity contribution is 7.47. The third-order valence-electron chi connectivity index (χ3n) is 11.2. The minimum Gasteiger partial charge on any atom is -0.462 e. The van der Waals surface area contributed by atoms with Crippen molar-refractivity contribution in [1.29, 1.82) is 0 Å². The molecule has 0 fully saturated rings. The van der Waals surface area contributed by atoms with Gasteiger partial charge >= 0.3 is 25.7 Å². The Morgan fingerprint density at radius 3 is 1.18 bits per heavy atom. The van der Waals surface area contributed by atoms with Crippen LogP contribution in [0.1, 0.15) is 239 Å². The monoisotopic (exact) mass is 953 g/mol. The number of phosphoric ester groups is 1. The van der Waals surface area contributed by atoms with E-state index in [4.69, 9.17) is 23.3 Å². The Hall–Kier alpha value is -2.56. The largest absolute Gasteiger partial charge is 0.472 e. The molecule has 12 heteroatoms. The molecule has 0 spiro atoms. The second-order valence-corrected chi connectivity index (χ2v) is 19.1. The van der Waals surface area contributed by atoms with E-state index in [0.29, 0.717) is 19.3 Å². The Labute approximate surface area is 403 Å². The molecule has 0 aromatic rings. The van der Waals surface area contributed by atoms with Crippen LogP contribution >= 0.6 is 7.82 Å². The van der Waals surface area contributed by atoms with E-state index in [1.807, 2.05) is 0 Å². The van der Waals surface area contributed by atoms with Crippen LogP contribution in [0.2, 0.25) is 0 Å². The van der Waals surface area contributed by atoms with Crippen LogP contribution in [0.4, 0.5) is 0 Å². The van der Waals surface area contributed by atoms with E-state index in [1.54, 1.807) is 0 Å². The highest BCUT2D eigenvalue weighted by Crippen LogP contribution is 2.43. The minimum absolute atomic E-state index is 0.149. The van der Waals surface area contributed by atoms with Gasteiger partial charge in [-0.15, -0.1) is 0 Å². The lowest BCUT2D eigenvalue weighted by atomic mass is 10.0. The topological polar surface area (TPSA) is 155 Å². The highest BCUT2D eigenvalue weighted by atomic mass is 31.2. The summed E-state index contributed by atoms with van der Waals surface area (Å²) in [5, 5.41) is 9.78. The molecular weight excluding hydrogens is 856 g/mol. The van der Waals surface area contributed by atoms with Crippen LogP contribution in [0, 0.1) is 0 Å². The fourth-order valence-electron chi connectivity index (χ4n) is 7.14. The predicted octanol–water partition coefficient (Wildman–Crippen LogP) is 15.0. The maximum atomic E-state index is 12.8. The molecule has 11 nitrogen and oxygen atoms in total. The van der Waals surface area contributed by atoms with Gasteiger partial charge in [0, 0.05) is 19.3 Å². The third-order valence-corrected chi connectivity index (χ3v) is 12.1. The molecule has 0 amide bonds. The molecule has 66 heavy (non-hydrogen) atoms. The molecule has 0 aliphatic carbocycles. The van der Waals surface area contributed by atoms with E-state index >= 15 is 0 Å². The molecule has 0 aromatic heterocycles. The van der Waals surface area contributed by atoms with Gasteiger partial charge in [-0.25, -0.2) is 4.57 Å². The van der Waals surface area contributed by atoms with Gasteiger partial charge in [-0.3, -0.25) is 23.4 Å². The molecule has 0 bridgehead atoms. The Morgan fingerprint density at radius 2 is 0.773 bits per heavy atom. The summed E-state index contributed by atoms with van der Waals surface area (Å²) in [7, 11) is -4.74. The molecule has 0 aliphatic heterocycles. The van der Waals surface area contributed by atoms with Crippen LogP contribution in [-0.4, -0.2) is 66.5 Å². The summed E-state index contributed by atoms with van der Waals surface area (Å²) in [5.41, 5.74) is 0. The number of unbranched alkanes of at least 4 members (excludes halogenated alkanes) is 24. The van der Waals surface area contributed by atoms with Crippen LogP contribution in [0.15, 0.2) is 48.6 Å². The Balaban J connectivity index is 4.74. The first-order valence-corrected chi connectivity index (χ1v) is 28.0. The molecule has 0 heterocycles. The SMILES string of the molecule is CCC/C=C\C/C=C\CCCCCCCC(=O)OCC(COP(=O)(O)OCC(CO)OC(=O)CCCCCCCCCCCCCCC)OC(=O)CCCCCCC/C=C\C/C=C\CCC. The third kappa shape index (κ3) is 46.5. The van der Waals surface area contributed by atoms with Gasteiger partial charge in [0.05, 0.1) is 19.8 Å². The van der Waals surface area contributed by atoms with Crippen LogP contribution < -0.4 is 0 Å². The van der Waals surface area contributed by atoms with E-state index < -0.39 is 57.8 Å². The molecule has 0 saturated heterocycles. The van der Waals surface area contributed by atoms with Crippen molar-refractivity contribution in [3.63, 3.8) is 0 Å². The Kier molecular flexibility index (Phi) is 47.0. The fraction of sp³-hybridized carbons (Fsp3) is 0.796. The van der Waals surface area contributed by atoms with E-state index in [1.165, 1.54) is 64.2 Å². The average Bonchev–Trinajstić information content (AvgIpc) is 3.30. The van der Waals surface area contributed by atoms with Gasteiger partial charge in [0.1, 0.15) is 12.7 Å². The summed E-state index contributed by atoms with van der Waals surface area (Å²) >= 11 is 0. The van der Waals surface area contributed by atoms with E-state index in [9.17, 15) is 28.9 Å². The molecule has 2 N–H and O–H groups in total. The highest BCUT2D eigenvalue weighted by Gasteiger charge is 2.28. The van der Waals surface area contributed by atoms with Crippen molar-refractivity contribution in [2.45, 2.75) is 251 Å². The zero-order valence-electron chi connectivity index (χ0n) is 42.2. The lowest BCUT2D eigenvalue weighted by Gasteiger charge is -2.21. The van der Waals surface area contributed by atoms with Crippen molar-refractivity contribution in [3.8, 4) is 0 Å². The number of carbonyl (C=O) groups is 3. The van der Waals surface area contributed by atoms with Crippen molar-refractivity contribution in [2.75, 3.05) is 26.4 Å². The fourth-order valence-corrected chi connectivity index (χ4v) is 7.92. The molecular formula is C54H97O11P. The van der Waals surface area contributed by atoms with Gasteiger partial charge in [-0.1, -0.05) is 198 Å². The lowest BCUT2D eigenvalue weighted by Crippen LogP contribution is -2.30. The minimum atomic E-state index is -4.74. The second-order valence-electron chi connectivity index (χ2n) is 17.7. The van der Waals surface area contributed by atoms with Gasteiger partial charge in [-0.05, 0) is 70.6 Å². The van der Waals surface area contributed by atoms with Crippen LogP contribution in [-0.2, 0) is 42.2 Å². The smallest absolute Gasteiger partial charge is 0.462 e. The summed E-state index contributed by atoms with van der Waals surface area (Å²) in [5.74, 6) is -1.49. The van der Waals surface area contributed by atoms with Crippen LogP contribution in [0.3, 0.4) is 0 Å². The van der Waals surface area contributed by atoms with Crippen molar-refractivity contribution < 1.29 is 52.2 Å². The quantitative estimate of drug-likeness (QED) is 0.0197. The summed E-state index contributed by atoms with van der Waals surface area (Å²) in [6, 6.07) is 0. The number of aliphatic hydroxyl groups excluding tert-OH is 1. The van der Waals surface area contributed by atoms with Crippen molar-refractivity contribution in [3.05, 3.63) is 48.6 Å². The molecule has 0 aromatic carbocycles. The standard InChI is InChI=1S/C54H97O11P/c1-4-7-10-13-16-19-22-25-28-31-34-37-40-43-52(56)61-47-51(65-54(58)45-42-39-36-33-30-27-24-21-18-15-12-9-6-3)49-63-66(59,60)62-48-50(46-55)64-53(57)44-41-38-35-32-29-26-23-20-17-14-11-8-5-2/h10,12-13,15,19,21-22,24,50-51,55H,4-9,11,14,16-18,20,23,25-49H2,1-3H3,(H,59,60)/b13-10-,15-12-,22-19-,24-21-. The first-order valence-electron chi connectivity index (χ1n) is 26.5. The van der Waals surface area contributed by atoms with Crippen molar-refractivity contribution in [2.24, 2.45) is 0 Å². The molecule has 0 radical (unpaired) electrons. The van der Waals surface area contributed by atoms with E-state index in [-0.39, 0.29) is 25.9 Å². The van der Waals surface area contributed by atoms with Gasteiger partial charge in [0.25, 0.3) is 0 Å². The molecule has 0 saturated carbocycles. The number of esters is 3. The number of carbonyl (C=O) groups excluding carboxylic acids is 3. The summed E-state index contributed by atoms with van der Waals surface area (Å²) in [6.45, 7) is 4.48. The number of hydrogen-bond acceptors (Lipinski definition) is 10. The van der Waals surface area contributed by atoms with Gasteiger partial charge in [0.2, 0.25) is 0 Å². The zero-order chi connectivity index (χ0) is 48.4. The van der Waals surface area contributed by atoms with Crippen LogP contribution in [0.25, 0.3) is 0 Å². The maximum absolute atomic E-state index is 12.8. The second kappa shape index (κ2) is 48.9. The summed E-state index contributed by atoms with van der Waals surface area (Å²) in [6.07, 6.45) is 49.3. The number of hydrogen-bond donors (Lipinski definition) is 2. The number of rotatable bonds is 49. The number of phosphoric acid groups is 1. The normalized spacial score (nSPS) is 13.8. The van der Waals surface area contributed by atoms with E-state index in [0.717, 1.165) is 116 Å². The average molecular weight is 953 g/mol. The summed E-state index contributed by atoms with van der Waals surface area (Å²) < 4.78 is 39.3. The van der Waals surface area contributed by atoms with Crippen molar-refractivity contribution >= 4 is 25.7 Å². The summed E-state index contributed by atoms with van der Waals surface area (Å²) in [4.78, 5) is 48.3. The van der Waals surface area contributed by atoms with E-state index in [2.05, 4.69) is 69.4 Å². The first kappa shape index (κ1) is 63.4. The molecule has 0 rings (SSSR count). The molecule has 384 valence electrons. The number of aliphatic hydroxyl groups is 1. The maximum Gasteiger partial charge on any atom is 0.472 e. The van der Waals surface area contributed by atoms with Gasteiger partial charge in [-0.2, -0.15) is 0 Å². The predicted molar refractivity (Wildman–Crippen MR) is 270 cm³/mol. The molecule has 3 atom stereocenters.